The van der Waals surface area contributed by atoms with E-state index in [1.54, 1.807) is 13.1 Å². The first-order valence-electron chi connectivity index (χ1n) is 8.16. The quantitative estimate of drug-likeness (QED) is 0.551. The fraction of sp³-hybridized carbons (Fsp3) is 0.556. The third-order valence-electron chi connectivity index (χ3n) is 3.51. The lowest BCUT2D eigenvalue weighted by Gasteiger charge is -2.28. The largest absolute Gasteiger partial charge is 0.356 e. The molecule has 1 rings (SSSR count). The van der Waals surface area contributed by atoms with Crippen LogP contribution in [0.5, 0.6) is 0 Å². The molecule has 0 aliphatic rings. The van der Waals surface area contributed by atoms with Gasteiger partial charge in [-0.2, -0.15) is 0 Å². The maximum Gasteiger partial charge on any atom is 0.239 e. The fourth-order valence-corrected chi connectivity index (χ4v) is 2.71. The fourth-order valence-electron chi connectivity index (χ4n) is 2.29. The summed E-state index contributed by atoms with van der Waals surface area (Å²) in [5.74, 6) is 0.0338. The molecule has 1 aromatic rings. The van der Waals surface area contributed by atoms with Crippen LogP contribution in [0.15, 0.2) is 23.2 Å². The van der Waals surface area contributed by atoms with E-state index in [1.807, 2.05) is 34.6 Å². The van der Waals surface area contributed by atoms with Gasteiger partial charge in [0.1, 0.15) is 5.82 Å². The summed E-state index contributed by atoms with van der Waals surface area (Å²) in [6.07, 6.45) is 0. The first-order chi connectivity index (χ1) is 11.4. The Morgan fingerprint density at radius 3 is 2.36 bits per heavy atom. The van der Waals surface area contributed by atoms with Gasteiger partial charge in [-0.1, -0.05) is 31.5 Å². The molecule has 0 atom stereocenters. The Bertz CT molecular complexity index is 638. The average Bonchev–Trinajstić information content (AvgIpc) is 2.45. The lowest BCUT2D eigenvalue weighted by molar-refractivity contribution is -0.121. The van der Waals surface area contributed by atoms with E-state index < -0.39 is 0 Å². The van der Waals surface area contributed by atoms with Crippen LogP contribution >= 0.6 is 11.6 Å². The number of aliphatic imine (C=N–C) groups is 1. The van der Waals surface area contributed by atoms with Crippen molar-refractivity contribution in [3.05, 3.63) is 34.6 Å². The zero-order chi connectivity index (χ0) is 19.3. The van der Waals surface area contributed by atoms with Crippen molar-refractivity contribution < 1.29 is 9.18 Å². The maximum atomic E-state index is 13.2. The van der Waals surface area contributed by atoms with E-state index in [0.717, 1.165) is 5.56 Å². The minimum atomic E-state index is -0.361. The molecule has 0 aliphatic heterocycles. The molecule has 0 unspecified atom stereocenters. The molecule has 3 N–H and O–H groups in total. The summed E-state index contributed by atoms with van der Waals surface area (Å²) >= 11 is 6.16. The number of nitrogens with zero attached hydrogens (tertiary/aromatic N) is 1. The highest BCUT2D eigenvalue weighted by atomic mass is 35.5. The molecule has 25 heavy (non-hydrogen) atoms. The topological polar surface area (TPSA) is 65.5 Å². The molecule has 0 saturated carbocycles. The lowest BCUT2D eigenvalue weighted by Crippen LogP contribution is -2.49. The number of halogens is 2. The second-order valence-electron chi connectivity index (χ2n) is 7.59. The Kier molecular flexibility index (Phi) is 7.23. The monoisotopic (exact) mass is 370 g/mol. The van der Waals surface area contributed by atoms with Gasteiger partial charge >= 0.3 is 0 Å². The number of amides is 1. The molecule has 0 saturated heterocycles. The van der Waals surface area contributed by atoms with Gasteiger partial charge < -0.3 is 16.0 Å². The second-order valence-corrected chi connectivity index (χ2v) is 7.99. The number of carbonyl (C=O) groups excluding carboxylic acids is 1. The van der Waals surface area contributed by atoms with Crippen molar-refractivity contribution in [1.82, 2.24) is 16.0 Å². The first-order valence-corrected chi connectivity index (χ1v) is 8.53. The summed E-state index contributed by atoms with van der Waals surface area (Å²) in [7, 11) is 1.63. The second kappa shape index (κ2) is 8.52. The predicted octanol–water partition coefficient (Wildman–Crippen LogP) is 2.84. The van der Waals surface area contributed by atoms with Gasteiger partial charge in [0.15, 0.2) is 5.96 Å². The molecule has 0 bridgehead atoms. The Morgan fingerprint density at radius 1 is 1.20 bits per heavy atom. The summed E-state index contributed by atoms with van der Waals surface area (Å²) in [5, 5.41) is 9.41. The van der Waals surface area contributed by atoms with Gasteiger partial charge in [-0.25, -0.2) is 4.39 Å². The van der Waals surface area contributed by atoms with E-state index in [1.165, 1.54) is 12.1 Å². The van der Waals surface area contributed by atoms with E-state index in [0.29, 0.717) is 17.5 Å². The van der Waals surface area contributed by atoms with E-state index in [4.69, 9.17) is 11.6 Å². The Morgan fingerprint density at radius 2 is 1.84 bits per heavy atom. The van der Waals surface area contributed by atoms with Gasteiger partial charge in [-0.3, -0.25) is 9.79 Å². The van der Waals surface area contributed by atoms with E-state index in [-0.39, 0.29) is 29.2 Å². The molecule has 0 fully saturated rings. The Labute approximate surface area is 154 Å². The number of hydrogen-bond donors (Lipinski definition) is 3. The summed E-state index contributed by atoms with van der Waals surface area (Å²) in [4.78, 5) is 16.0. The Hall–Kier alpha value is -1.82. The van der Waals surface area contributed by atoms with Crippen molar-refractivity contribution in [2.45, 2.75) is 45.6 Å². The van der Waals surface area contributed by atoms with E-state index in [9.17, 15) is 9.18 Å². The maximum absolute atomic E-state index is 13.2. The molecular weight excluding hydrogens is 343 g/mol. The predicted molar refractivity (Wildman–Crippen MR) is 102 cm³/mol. The number of hydrogen-bond acceptors (Lipinski definition) is 2. The summed E-state index contributed by atoms with van der Waals surface area (Å²) in [5.41, 5.74) is 0.205. The van der Waals surface area contributed by atoms with Crippen molar-refractivity contribution in [3.8, 4) is 0 Å². The van der Waals surface area contributed by atoms with Gasteiger partial charge in [-0.05, 0) is 38.5 Å². The molecule has 0 spiro atoms. The normalized spacial score (nSPS) is 12.7. The summed E-state index contributed by atoms with van der Waals surface area (Å²) < 4.78 is 13.2. The first kappa shape index (κ1) is 21.2. The highest BCUT2D eigenvalue weighted by molar-refractivity contribution is 6.31. The molecule has 140 valence electrons. The Balaban J connectivity index is 2.63. The van der Waals surface area contributed by atoms with Crippen LogP contribution in [0.2, 0.25) is 5.02 Å². The highest BCUT2D eigenvalue weighted by Gasteiger charge is 2.24. The standard InChI is InChI=1S/C18H28ClFN4O/c1-17(2,3)24-15(25)10-22-16(21-6)23-11-18(4,5)13-8-7-12(20)9-14(13)19/h7-9H,10-11H2,1-6H3,(H,24,25)(H2,21,22,23). The van der Waals surface area contributed by atoms with Gasteiger partial charge in [0.2, 0.25) is 5.91 Å². The average molecular weight is 371 g/mol. The van der Waals surface area contributed by atoms with Crippen molar-refractivity contribution in [3.63, 3.8) is 0 Å². The van der Waals surface area contributed by atoms with Crippen molar-refractivity contribution in [2.24, 2.45) is 4.99 Å². The van der Waals surface area contributed by atoms with Crippen LogP contribution in [0.1, 0.15) is 40.2 Å². The minimum Gasteiger partial charge on any atom is -0.356 e. The van der Waals surface area contributed by atoms with E-state index >= 15 is 0 Å². The van der Waals surface area contributed by atoms with Crippen LogP contribution in [0.4, 0.5) is 4.39 Å². The molecular formula is C18H28ClFN4O. The van der Waals surface area contributed by atoms with Crippen LogP contribution in [0.25, 0.3) is 0 Å². The number of benzene rings is 1. The molecule has 5 nitrogen and oxygen atoms in total. The SMILES string of the molecule is CN=C(NCC(=O)NC(C)(C)C)NCC(C)(C)c1ccc(F)cc1Cl. The van der Waals surface area contributed by atoms with Gasteiger partial charge in [0, 0.05) is 29.6 Å². The van der Waals surface area contributed by atoms with Crippen LogP contribution in [0, 0.1) is 5.82 Å². The van der Waals surface area contributed by atoms with Crippen molar-refractivity contribution in [1.29, 1.82) is 0 Å². The lowest BCUT2D eigenvalue weighted by atomic mass is 9.84. The van der Waals surface area contributed by atoms with Crippen LogP contribution in [0.3, 0.4) is 0 Å². The minimum absolute atomic E-state index is 0.115. The third kappa shape index (κ3) is 7.30. The van der Waals surface area contributed by atoms with E-state index in [2.05, 4.69) is 20.9 Å². The van der Waals surface area contributed by atoms with Gasteiger partial charge in [0.05, 0.1) is 6.54 Å². The third-order valence-corrected chi connectivity index (χ3v) is 3.83. The number of nitrogens with one attached hydrogen (secondary N) is 3. The molecule has 7 heteroatoms. The highest BCUT2D eigenvalue weighted by Crippen LogP contribution is 2.29. The molecule has 0 heterocycles. The van der Waals surface area contributed by atoms with Crippen molar-refractivity contribution in [2.75, 3.05) is 20.1 Å². The van der Waals surface area contributed by atoms with Crippen molar-refractivity contribution >= 4 is 23.5 Å². The molecule has 0 aliphatic carbocycles. The van der Waals surface area contributed by atoms with Gasteiger partial charge in [0.25, 0.3) is 0 Å². The summed E-state index contributed by atoms with van der Waals surface area (Å²) in [6.45, 7) is 10.4. The molecule has 0 aromatic heterocycles. The number of carbonyl (C=O) groups is 1. The van der Waals surface area contributed by atoms with Crippen LogP contribution in [-0.4, -0.2) is 37.5 Å². The molecule has 1 aromatic carbocycles. The number of guanidine groups is 1. The van der Waals surface area contributed by atoms with Crippen LogP contribution < -0.4 is 16.0 Å². The zero-order valence-corrected chi connectivity index (χ0v) is 16.5. The zero-order valence-electron chi connectivity index (χ0n) is 15.8. The number of rotatable bonds is 5. The van der Waals surface area contributed by atoms with Gasteiger partial charge in [-0.15, -0.1) is 0 Å². The smallest absolute Gasteiger partial charge is 0.239 e. The molecule has 0 radical (unpaired) electrons. The molecule has 1 amide bonds. The van der Waals surface area contributed by atoms with Crippen LogP contribution in [-0.2, 0) is 10.2 Å². The summed E-state index contributed by atoms with van der Waals surface area (Å²) in [6, 6.07) is 4.39.